The zero-order valence-electron chi connectivity index (χ0n) is 22.6. The van der Waals surface area contributed by atoms with Crippen molar-refractivity contribution in [3.63, 3.8) is 0 Å². The quantitative estimate of drug-likeness (QED) is 0.232. The Hall–Kier alpha value is -3.69. The number of rotatable bonds is 14. The molecule has 5 N–H and O–H groups in total. The zero-order valence-corrected chi connectivity index (χ0v) is 22.6. The van der Waals surface area contributed by atoms with Crippen molar-refractivity contribution in [2.45, 2.75) is 45.1 Å². The summed E-state index contributed by atoms with van der Waals surface area (Å²) in [5.41, 5.74) is 10.3. The van der Waals surface area contributed by atoms with Gasteiger partial charge in [0.15, 0.2) is 0 Å². The highest BCUT2D eigenvalue weighted by atomic mass is 16.5. The Bertz CT molecular complexity index is 1200. The van der Waals surface area contributed by atoms with Gasteiger partial charge in [-0.05, 0) is 69.6 Å². The van der Waals surface area contributed by atoms with E-state index in [1.807, 2.05) is 63.5 Å². The number of ether oxygens (including phenoxy) is 1. The van der Waals surface area contributed by atoms with Crippen molar-refractivity contribution in [2.24, 2.45) is 0 Å². The molecule has 1 unspecified atom stereocenters. The molecule has 1 heterocycles. The topological polar surface area (TPSA) is 134 Å². The Morgan fingerprint density at radius 1 is 1.13 bits per heavy atom. The fourth-order valence-corrected chi connectivity index (χ4v) is 4.23. The average Bonchev–Trinajstić information content (AvgIpc) is 2.88. The Balaban J connectivity index is 1.81. The first-order valence-electron chi connectivity index (χ1n) is 12.9. The normalized spacial score (nSPS) is 12.8. The maximum Gasteiger partial charge on any atom is 0.310 e. The lowest BCUT2D eigenvalue weighted by Gasteiger charge is -2.23. The van der Waals surface area contributed by atoms with Crippen molar-refractivity contribution >= 4 is 17.7 Å². The first-order chi connectivity index (χ1) is 18.2. The number of anilines is 2. The van der Waals surface area contributed by atoms with Crippen LogP contribution in [0.25, 0.3) is 0 Å². The minimum atomic E-state index is -0.889. The second kappa shape index (κ2) is 13.7. The van der Waals surface area contributed by atoms with Crippen LogP contribution in [0.1, 0.15) is 59.7 Å². The number of hydrogen-bond acceptors (Lipinski definition) is 8. The number of aliphatic carboxylic acids is 1. The SMILES string of the molecule is Cc1nc(N)nc(NC(CCO)c2cccc([C@@H](C)C(=O)O)c2)c1Cc1ccc(OCCCN(C)C)cc1. The number of carboxylic acids is 1. The van der Waals surface area contributed by atoms with Crippen molar-refractivity contribution < 1.29 is 19.7 Å². The minimum Gasteiger partial charge on any atom is -0.494 e. The fraction of sp³-hybridized carbons (Fsp3) is 0.414. The van der Waals surface area contributed by atoms with E-state index in [1.165, 1.54) is 0 Å². The summed E-state index contributed by atoms with van der Waals surface area (Å²) in [5.74, 6) is 0.0485. The van der Waals surface area contributed by atoms with Crippen LogP contribution in [0.3, 0.4) is 0 Å². The lowest BCUT2D eigenvalue weighted by atomic mass is 9.95. The number of aliphatic hydroxyl groups excluding tert-OH is 1. The highest BCUT2D eigenvalue weighted by molar-refractivity contribution is 5.75. The van der Waals surface area contributed by atoms with Gasteiger partial charge in [0.1, 0.15) is 11.6 Å². The van der Waals surface area contributed by atoms with E-state index in [1.54, 1.807) is 13.0 Å². The van der Waals surface area contributed by atoms with Gasteiger partial charge < -0.3 is 30.9 Å². The maximum absolute atomic E-state index is 11.5. The maximum atomic E-state index is 11.5. The molecule has 3 rings (SSSR count). The number of nitrogens with two attached hydrogens (primary N) is 1. The third-order valence-electron chi connectivity index (χ3n) is 6.47. The zero-order chi connectivity index (χ0) is 27.7. The molecular formula is C29H39N5O4. The van der Waals surface area contributed by atoms with Gasteiger partial charge in [-0.25, -0.2) is 4.98 Å². The fourth-order valence-electron chi connectivity index (χ4n) is 4.23. The number of hydrogen-bond donors (Lipinski definition) is 4. The summed E-state index contributed by atoms with van der Waals surface area (Å²) in [6, 6.07) is 15.1. The van der Waals surface area contributed by atoms with Crippen LogP contribution in [0.15, 0.2) is 48.5 Å². The number of carbonyl (C=O) groups is 1. The molecule has 2 aromatic carbocycles. The summed E-state index contributed by atoms with van der Waals surface area (Å²) in [6.45, 7) is 5.14. The second-order valence-electron chi connectivity index (χ2n) is 9.76. The van der Waals surface area contributed by atoms with Gasteiger partial charge >= 0.3 is 5.97 Å². The number of nitrogen functional groups attached to an aromatic ring is 1. The monoisotopic (exact) mass is 521 g/mol. The van der Waals surface area contributed by atoms with Gasteiger partial charge in [-0.3, -0.25) is 4.79 Å². The van der Waals surface area contributed by atoms with Crippen molar-refractivity contribution in [1.82, 2.24) is 14.9 Å². The summed E-state index contributed by atoms with van der Waals surface area (Å²) in [7, 11) is 4.09. The van der Waals surface area contributed by atoms with E-state index in [0.717, 1.165) is 41.1 Å². The lowest BCUT2D eigenvalue weighted by molar-refractivity contribution is -0.138. The van der Waals surface area contributed by atoms with Crippen LogP contribution in [0, 0.1) is 6.92 Å². The molecule has 0 amide bonds. The number of nitrogens with one attached hydrogen (secondary N) is 1. The predicted molar refractivity (Wildman–Crippen MR) is 150 cm³/mol. The molecule has 0 saturated heterocycles. The van der Waals surface area contributed by atoms with E-state index in [-0.39, 0.29) is 18.6 Å². The average molecular weight is 522 g/mol. The number of aromatic nitrogens is 2. The van der Waals surface area contributed by atoms with Crippen LogP contribution < -0.4 is 15.8 Å². The molecule has 0 saturated carbocycles. The number of carboxylic acid groups (broad SMARTS) is 1. The molecule has 0 bridgehead atoms. The van der Waals surface area contributed by atoms with E-state index in [2.05, 4.69) is 20.2 Å². The van der Waals surface area contributed by atoms with Crippen molar-refractivity contribution in [1.29, 1.82) is 0 Å². The summed E-state index contributed by atoms with van der Waals surface area (Å²) < 4.78 is 5.85. The lowest BCUT2D eigenvalue weighted by Crippen LogP contribution is -2.17. The summed E-state index contributed by atoms with van der Waals surface area (Å²) in [5, 5.41) is 22.7. The predicted octanol–water partition coefficient (Wildman–Crippen LogP) is 4.01. The van der Waals surface area contributed by atoms with Gasteiger partial charge in [-0.1, -0.05) is 36.4 Å². The van der Waals surface area contributed by atoms with E-state index >= 15 is 0 Å². The van der Waals surface area contributed by atoms with E-state index < -0.39 is 11.9 Å². The Kier molecular flexibility index (Phi) is 10.4. The van der Waals surface area contributed by atoms with E-state index in [9.17, 15) is 15.0 Å². The van der Waals surface area contributed by atoms with Crippen LogP contribution in [0.2, 0.25) is 0 Å². The molecule has 204 valence electrons. The molecule has 0 aliphatic heterocycles. The van der Waals surface area contributed by atoms with Crippen LogP contribution in [0.5, 0.6) is 5.75 Å². The molecule has 0 fully saturated rings. The summed E-state index contributed by atoms with van der Waals surface area (Å²) >= 11 is 0. The summed E-state index contributed by atoms with van der Waals surface area (Å²) in [4.78, 5) is 22.5. The van der Waals surface area contributed by atoms with Crippen LogP contribution >= 0.6 is 0 Å². The van der Waals surface area contributed by atoms with Crippen molar-refractivity contribution in [3.05, 3.63) is 76.5 Å². The van der Waals surface area contributed by atoms with Crippen LogP contribution in [0.4, 0.5) is 11.8 Å². The minimum absolute atomic E-state index is 0.0543. The number of aliphatic hydroxyl groups is 1. The van der Waals surface area contributed by atoms with Gasteiger partial charge in [0.25, 0.3) is 0 Å². The highest BCUT2D eigenvalue weighted by Gasteiger charge is 2.20. The van der Waals surface area contributed by atoms with Crippen molar-refractivity contribution in [2.75, 3.05) is 44.9 Å². The number of aryl methyl sites for hydroxylation is 1. The molecule has 38 heavy (non-hydrogen) atoms. The molecule has 3 aromatic rings. The molecule has 2 atom stereocenters. The molecule has 9 nitrogen and oxygen atoms in total. The van der Waals surface area contributed by atoms with Crippen LogP contribution in [-0.2, 0) is 11.2 Å². The Labute approximate surface area is 224 Å². The molecular weight excluding hydrogens is 482 g/mol. The second-order valence-corrected chi connectivity index (χ2v) is 9.76. The van der Waals surface area contributed by atoms with Crippen molar-refractivity contribution in [3.8, 4) is 5.75 Å². The van der Waals surface area contributed by atoms with E-state index in [0.29, 0.717) is 30.8 Å². The Morgan fingerprint density at radius 2 is 1.84 bits per heavy atom. The molecule has 9 heteroatoms. The summed E-state index contributed by atoms with van der Waals surface area (Å²) in [6.07, 6.45) is 1.95. The third-order valence-corrected chi connectivity index (χ3v) is 6.47. The first-order valence-corrected chi connectivity index (χ1v) is 12.9. The van der Waals surface area contributed by atoms with Gasteiger partial charge in [0.2, 0.25) is 5.95 Å². The van der Waals surface area contributed by atoms with Gasteiger partial charge in [0.05, 0.1) is 18.6 Å². The molecule has 1 aromatic heterocycles. The van der Waals surface area contributed by atoms with Gasteiger partial charge in [-0.2, -0.15) is 4.98 Å². The smallest absolute Gasteiger partial charge is 0.310 e. The van der Waals surface area contributed by atoms with E-state index in [4.69, 9.17) is 10.5 Å². The highest BCUT2D eigenvalue weighted by Crippen LogP contribution is 2.29. The molecule has 0 aliphatic carbocycles. The van der Waals surface area contributed by atoms with Crippen LogP contribution in [-0.4, -0.2) is 64.9 Å². The third kappa shape index (κ3) is 8.16. The largest absolute Gasteiger partial charge is 0.494 e. The molecule has 0 aliphatic rings. The van der Waals surface area contributed by atoms with Gasteiger partial charge in [0, 0.05) is 30.8 Å². The number of benzene rings is 2. The molecule has 0 radical (unpaired) electrons. The molecule has 0 spiro atoms. The standard InChI is InChI=1S/C29H39N5O4/c1-19(28(36)37)22-7-5-8-23(18-22)26(13-15-35)32-27-25(20(2)31-29(30)33-27)17-21-9-11-24(12-10-21)38-16-6-14-34(3)4/h5,7-12,18-19,26,35H,6,13-17H2,1-4H3,(H,36,37)(H3,30,31,32,33)/t19-,26?/m1/s1. The Morgan fingerprint density at radius 3 is 2.50 bits per heavy atom. The number of nitrogens with zero attached hydrogens (tertiary/aromatic N) is 3. The van der Waals surface area contributed by atoms with Gasteiger partial charge in [-0.15, -0.1) is 0 Å². The first kappa shape index (κ1) is 28.9.